The first-order valence-corrected chi connectivity index (χ1v) is 9.74. The molecule has 1 aromatic carbocycles. The zero-order valence-corrected chi connectivity index (χ0v) is 16.4. The van der Waals surface area contributed by atoms with E-state index >= 15 is 0 Å². The average molecular weight is 377 g/mol. The van der Waals surface area contributed by atoms with Gasteiger partial charge in [0.15, 0.2) is 5.96 Å². The summed E-state index contributed by atoms with van der Waals surface area (Å²) in [5, 5.41) is 9.35. The lowest BCUT2D eigenvalue weighted by Crippen LogP contribution is -2.37. The van der Waals surface area contributed by atoms with E-state index in [1.807, 2.05) is 31.2 Å². The van der Waals surface area contributed by atoms with Crippen molar-refractivity contribution >= 4 is 11.9 Å². The van der Waals surface area contributed by atoms with Crippen LogP contribution in [0.1, 0.15) is 42.1 Å². The van der Waals surface area contributed by atoms with Crippen molar-refractivity contribution in [1.82, 2.24) is 16.0 Å². The number of carbonyl (C=O) groups excluding carboxylic acids is 1. The third kappa shape index (κ3) is 7.97. The van der Waals surface area contributed by atoms with Gasteiger partial charge in [-0.2, -0.15) is 0 Å². The monoisotopic (exact) mass is 376 g/mol. The molecule has 1 unspecified atom stereocenters. The number of aliphatic imine (C=N–C) groups is 1. The van der Waals surface area contributed by atoms with E-state index in [1.165, 1.54) is 0 Å². The van der Waals surface area contributed by atoms with Crippen molar-refractivity contribution < 1.29 is 14.3 Å². The van der Waals surface area contributed by atoms with Gasteiger partial charge in [0.1, 0.15) is 0 Å². The molecule has 0 aromatic heterocycles. The van der Waals surface area contributed by atoms with E-state index in [-0.39, 0.29) is 12.0 Å². The molecule has 1 amide bonds. The highest BCUT2D eigenvalue weighted by Gasteiger charge is 2.14. The minimum atomic E-state index is -0.0511. The van der Waals surface area contributed by atoms with Crippen molar-refractivity contribution in [2.24, 2.45) is 4.99 Å². The summed E-state index contributed by atoms with van der Waals surface area (Å²) in [5.74, 6) is 0.683. The summed E-state index contributed by atoms with van der Waals surface area (Å²) in [6.45, 7) is 6.17. The van der Waals surface area contributed by atoms with Gasteiger partial charge in [-0.3, -0.25) is 9.79 Å². The molecule has 1 fully saturated rings. The second kappa shape index (κ2) is 12.3. The van der Waals surface area contributed by atoms with Gasteiger partial charge in [0.2, 0.25) is 0 Å². The van der Waals surface area contributed by atoms with Crippen LogP contribution in [0.2, 0.25) is 0 Å². The number of rotatable bonds is 10. The molecule has 0 radical (unpaired) electrons. The van der Waals surface area contributed by atoms with Crippen molar-refractivity contribution in [2.75, 3.05) is 40.0 Å². The van der Waals surface area contributed by atoms with E-state index in [0.29, 0.717) is 31.9 Å². The Morgan fingerprint density at radius 3 is 2.96 bits per heavy atom. The molecular formula is C20H32N4O3. The molecule has 1 aliphatic heterocycles. The van der Waals surface area contributed by atoms with Gasteiger partial charge in [0.25, 0.3) is 5.91 Å². The number of carbonyl (C=O) groups is 1. The number of hydrogen-bond acceptors (Lipinski definition) is 4. The maximum Gasteiger partial charge on any atom is 0.251 e. The molecule has 7 heteroatoms. The summed E-state index contributed by atoms with van der Waals surface area (Å²) in [4.78, 5) is 16.1. The third-order valence-corrected chi connectivity index (χ3v) is 4.30. The topological polar surface area (TPSA) is 84.0 Å². The standard InChI is InChI=1S/C20H32N4O3/c1-3-22-19(25)17-8-4-7-16(13-17)14-24-20(21-2)23-10-6-11-26-15-18-9-5-12-27-18/h4,7-8,13,18H,3,5-6,9-12,14-15H2,1-2H3,(H,22,25)(H2,21,23,24). The van der Waals surface area contributed by atoms with E-state index < -0.39 is 0 Å². The van der Waals surface area contributed by atoms with Crippen molar-refractivity contribution in [2.45, 2.75) is 38.8 Å². The average Bonchev–Trinajstić information content (AvgIpc) is 3.21. The Morgan fingerprint density at radius 2 is 2.22 bits per heavy atom. The van der Waals surface area contributed by atoms with Crippen LogP contribution < -0.4 is 16.0 Å². The molecule has 150 valence electrons. The van der Waals surface area contributed by atoms with Gasteiger partial charge >= 0.3 is 0 Å². The predicted octanol–water partition coefficient (Wildman–Crippen LogP) is 1.69. The lowest BCUT2D eigenvalue weighted by molar-refractivity contribution is 0.0168. The number of hydrogen-bond donors (Lipinski definition) is 3. The van der Waals surface area contributed by atoms with Crippen LogP contribution in [-0.2, 0) is 16.0 Å². The Morgan fingerprint density at radius 1 is 1.33 bits per heavy atom. The number of amides is 1. The van der Waals surface area contributed by atoms with Crippen LogP contribution in [0.15, 0.2) is 29.3 Å². The van der Waals surface area contributed by atoms with Gasteiger partial charge in [-0.05, 0) is 43.9 Å². The predicted molar refractivity (Wildman–Crippen MR) is 107 cm³/mol. The maximum atomic E-state index is 11.9. The quantitative estimate of drug-likeness (QED) is 0.329. The van der Waals surface area contributed by atoms with Crippen LogP contribution in [0.25, 0.3) is 0 Å². The summed E-state index contributed by atoms with van der Waals surface area (Å²) in [5.41, 5.74) is 1.70. The summed E-state index contributed by atoms with van der Waals surface area (Å²) in [6, 6.07) is 7.59. The molecular weight excluding hydrogens is 344 g/mol. The summed E-state index contributed by atoms with van der Waals surface area (Å²) in [6.07, 6.45) is 3.43. The fourth-order valence-electron chi connectivity index (χ4n) is 2.86. The molecule has 0 spiro atoms. The molecule has 1 aliphatic rings. The van der Waals surface area contributed by atoms with E-state index in [0.717, 1.165) is 43.9 Å². The summed E-state index contributed by atoms with van der Waals surface area (Å²) >= 11 is 0. The van der Waals surface area contributed by atoms with E-state index in [1.54, 1.807) is 7.05 Å². The molecule has 27 heavy (non-hydrogen) atoms. The highest BCUT2D eigenvalue weighted by atomic mass is 16.5. The fourth-order valence-corrected chi connectivity index (χ4v) is 2.86. The Labute approximate surface area is 161 Å². The lowest BCUT2D eigenvalue weighted by atomic mass is 10.1. The van der Waals surface area contributed by atoms with Gasteiger partial charge in [-0.25, -0.2) is 0 Å². The molecule has 1 atom stereocenters. The highest BCUT2D eigenvalue weighted by Crippen LogP contribution is 2.11. The Kier molecular flexibility index (Phi) is 9.65. The minimum absolute atomic E-state index is 0.0511. The minimum Gasteiger partial charge on any atom is -0.379 e. The second-order valence-electron chi connectivity index (χ2n) is 6.48. The Balaban J connectivity index is 1.63. The maximum absolute atomic E-state index is 11.9. The van der Waals surface area contributed by atoms with E-state index in [9.17, 15) is 4.79 Å². The lowest BCUT2D eigenvalue weighted by Gasteiger charge is -2.13. The van der Waals surface area contributed by atoms with E-state index in [2.05, 4.69) is 20.9 Å². The third-order valence-electron chi connectivity index (χ3n) is 4.30. The first-order chi connectivity index (χ1) is 13.2. The van der Waals surface area contributed by atoms with Gasteiger partial charge in [-0.15, -0.1) is 0 Å². The molecule has 1 aromatic rings. The summed E-state index contributed by atoms with van der Waals surface area (Å²) < 4.78 is 11.2. The fraction of sp³-hybridized carbons (Fsp3) is 0.600. The van der Waals surface area contributed by atoms with Crippen LogP contribution in [0.3, 0.4) is 0 Å². The smallest absolute Gasteiger partial charge is 0.251 e. The van der Waals surface area contributed by atoms with Crippen LogP contribution >= 0.6 is 0 Å². The number of benzene rings is 1. The molecule has 0 saturated carbocycles. The Hall–Kier alpha value is -2.12. The molecule has 1 saturated heterocycles. The van der Waals surface area contributed by atoms with Gasteiger partial charge in [-0.1, -0.05) is 12.1 Å². The first-order valence-electron chi connectivity index (χ1n) is 9.74. The van der Waals surface area contributed by atoms with Crippen molar-refractivity contribution in [3.05, 3.63) is 35.4 Å². The molecule has 3 N–H and O–H groups in total. The van der Waals surface area contributed by atoms with Crippen molar-refractivity contribution in [1.29, 1.82) is 0 Å². The van der Waals surface area contributed by atoms with Gasteiger partial charge in [0, 0.05) is 45.5 Å². The van der Waals surface area contributed by atoms with Gasteiger partial charge in [0.05, 0.1) is 12.7 Å². The molecule has 7 nitrogen and oxygen atoms in total. The second-order valence-corrected chi connectivity index (χ2v) is 6.48. The molecule has 0 aliphatic carbocycles. The SMILES string of the molecule is CCNC(=O)c1cccc(CNC(=NC)NCCCOCC2CCCO2)c1. The number of guanidine groups is 1. The van der Waals surface area contributed by atoms with E-state index in [4.69, 9.17) is 9.47 Å². The van der Waals surface area contributed by atoms with Crippen LogP contribution in [0, 0.1) is 0 Å². The van der Waals surface area contributed by atoms with Crippen molar-refractivity contribution in [3.8, 4) is 0 Å². The number of nitrogens with zero attached hydrogens (tertiary/aromatic N) is 1. The molecule has 2 rings (SSSR count). The van der Waals surface area contributed by atoms with Crippen molar-refractivity contribution in [3.63, 3.8) is 0 Å². The largest absolute Gasteiger partial charge is 0.379 e. The zero-order valence-electron chi connectivity index (χ0n) is 16.4. The zero-order chi connectivity index (χ0) is 19.3. The molecule has 0 bridgehead atoms. The van der Waals surface area contributed by atoms with Gasteiger partial charge < -0.3 is 25.4 Å². The summed E-state index contributed by atoms with van der Waals surface area (Å²) in [7, 11) is 1.74. The number of ether oxygens (including phenoxy) is 2. The normalized spacial score (nSPS) is 17.0. The molecule has 1 heterocycles. The van der Waals surface area contributed by atoms with Crippen LogP contribution in [-0.4, -0.2) is 57.9 Å². The highest BCUT2D eigenvalue weighted by molar-refractivity contribution is 5.94. The number of nitrogens with one attached hydrogen (secondary N) is 3. The first kappa shape index (κ1) is 21.2. The van der Waals surface area contributed by atoms with Crippen LogP contribution in [0.4, 0.5) is 0 Å². The Bertz CT molecular complexity index is 601. The van der Waals surface area contributed by atoms with Crippen LogP contribution in [0.5, 0.6) is 0 Å².